The molecule has 6 heteroatoms. The number of rotatable bonds is 10. The van der Waals surface area contributed by atoms with Crippen LogP contribution in [0.25, 0.3) is 0 Å². The quantitative estimate of drug-likeness (QED) is 0.455. The lowest BCUT2D eigenvalue weighted by Gasteiger charge is -2.29. The van der Waals surface area contributed by atoms with Gasteiger partial charge >= 0.3 is 0 Å². The molecule has 0 unspecified atom stereocenters. The summed E-state index contributed by atoms with van der Waals surface area (Å²) in [6.07, 6.45) is 0.851. The number of nitrogens with one attached hydrogen (secondary N) is 1. The van der Waals surface area contributed by atoms with Gasteiger partial charge in [0.2, 0.25) is 11.8 Å². The van der Waals surface area contributed by atoms with E-state index >= 15 is 0 Å². The SMILES string of the molecule is CC[C@H](C)NC(=O)[C@H](C)N(Cc1cccc(Br)c1)C(=O)CSCc1cc(C)cc(C)c1. The molecule has 2 aromatic carbocycles. The number of thioether (sulfide) groups is 1. The fourth-order valence-electron chi connectivity index (χ4n) is 3.37. The molecule has 2 rings (SSSR count). The van der Waals surface area contributed by atoms with Crippen molar-refractivity contribution in [3.05, 3.63) is 69.2 Å². The third-order valence-corrected chi connectivity index (χ3v) is 6.67. The van der Waals surface area contributed by atoms with E-state index in [1.54, 1.807) is 16.7 Å². The molecule has 2 atom stereocenters. The summed E-state index contributed by atoms with van der Waals surface area (Å²) in [5.74, 6) is 0.965. The van der Waals surface area contributed by atoms with Gasteiger partial charge in [0.1, 0.15) is 6.04 Å². The molecule has 4 nitrogen and oxygen atoms in total. The number of hydrogen-bond donors (Lipinski definition) is 1. The predicted octanol–water partition coefficient (Wildman–Crippen LogP) is 5.63. The lowest BCUT2D eigenvalue weighted by atomic mass is 10.1. The molecule has 2 aromatic rings. The average molecular weight is 506 g/mol. The Morgan fingerprint density at radius 3 is 2.35 bits per heavy atom. The van der Waals surface area contributed by atoms with E-state index in [1.807, 2.05) is 45.0 Å². The van der Waals surface area contributed by atoms with Gasteiger partial charge in [-0.05, 0) is 57.4 Å². The van der Waals surface area contributed by atoms with Crippen LogP contribution < -0.4 is 5.32 Å². The molecule has 1 N–H and O–H groups in total. The van der Waals surface area contributed by atoms with Gasteiger partial charge in [-0.15, -0.1) is 11.8 Å². The van der Waals surface area contributed by atoms with E-state index < -0.39 is 6.04 Å². The highest BCUT2D eigenvalue weighted by molar-refractivity contribution is 9.10. The van der Waals surface area contributed by atoms with E-state index in [1.165, 1.54) is 16.7 Å². The van der Waals surface area contributed by atoms with Crippen molar-refractivity contribution in [3.63, 3.8) is 0 Å². The molecular formula is C25H33BrN2O2S. The summed E-state index contributed by atoms with van der Waals surface area (Å²) in [6.45, 7) is 10.4. The predicted molar refractivity (Wildman–Crippen MR) is 134 cm³/mol. The fraction of sp³-hybridized carbons (Fsp3) is 0.440. The van der Waals surface area contributed by atoms with Gasteiger partial charge in [0.25, 0.3) is 0 Å². The van der Waals surface area contributed by atoms with Crippen molar-refractivity contribution in [1.82, 2.24) is 10.2 Å². The maximum absolute atomic E-state index is 13.2. The van der Waals surface area contributed by atoms with Gasteiger partial charge in [-0.25, -0.2) is 0 Å². The highest BCUT2D eigenvalue weighted by Gasteiger charge is 2.26. The van der Waals surface area contributed by atoms with Crippen molar-refractivity contribution in [3.8, 4) is 0 Å². The van der Waals surface area contributed by atoms with Gasteiger partial charge in [-0.2, -0.15) is 0 Å². The van der Waals surface area contributed by atoms with Gasteiger partial charge < -0.3 is 10.2 Å². The van der Waals surface area contributed by atoms with Gasteiger partial charge in [-0.1, -0.05) is 64.3 Å². The van der Waals surface area contributed by atoms with Crippen LogP contribution in [0.15, 0.2) is 46.9 Å². The zero-order valence-corrected chi connectivity index (χ0v) is 21.5. The molecule has 0 aliphatic carbocycles. The molecule has 0 spiro atoms. The van der Waals surface area contributed by atoms with Crippen LogP contribution in [0.5, 0.6) is 0 Å². The van der Waals surface area contributed by atoms with Crippen LogP contribution in [0.4, 0.5) is 0 Å². The first-order chi connectivity index (χ1) is 14.7. The highest BCUT2D eigenvalue weighted by Crippen LogP contribution is 2.19. The van der Waals surface area contributed by atoms with E-state index in [0.29, 0.717) is 12.3 Å². The zero-order chi connectivity index (χ0) is 23.0. The first-order valence-corrected chi connectivity index (χ1v) is 12.6. The molecule has 31 heavy (non-hydrogen) atoms. The van der Waals surface area contributed by atoms with Crippen LogP contribution in [-0.2, 0) is 21.9 Å². The van der Waals surface area contributed by atoms with Crippen LogP contribution in [0.2, 0.25) is 0 Å². The van der Waals surface area contributed by atoms with Crippen molar-refractivity contribution >= 4 is 39.5 Å². The average Bonchev–Trinajstić information content (AvgIpc) is 2.70. The standard InChI is InChI=1S/C25H33BrN2O2S/c1-6-19(4)27-25(30)20(5)28(14-21-8-7-9-23(26)13-21)24(29)16-31-15-22-11-17(2)10-18(3)12-22/h7-13,19-20H,6,14-16H2,1-5H3,(H,27,30)/t19-,20-/m0/s1. The topological polar surface area (TPSA) is 49.4 Å². The zero-order valence-electron chi connectivity index (χ0n) is 19.1. The van der Waals surface area contributed by atoms with Gasteiger partial charge in [0, 0.05) is 22.8 Å². The third kappa shape index (κ3) is 8.34. The minimum absolute atomic E-state index is 0.0267. The maximum Gasteiger partial charge on any atom is 0.242 e. The number of amides is 2. The summed E-state index contributed by atoms with van der Waals surface area (Å²) >= 11 is 5.08. The van der Waals surface area contributed by atoms with Crippen molar-refractivity contribution in [1.29, 1.82) is 0 Å². The molecule has 0 heterocycles. The normalized spacial score (nSPS) is 12.8. The second-order valence-corrected chi connectivity index (χ2v) is 10.0. The summed E-state index contributed by atoms with van der Waals surface area (Å²) < 4.78 is 0.957. The molecule has 0 saturated heterocycles. The summed E-state index contributed by atoms with van der Waals surface area (Å²) in [5.41, 5.74) is 4.67. The number of aryl methyl sites for hydroxylation is 2. The first kappa shape index (κ1) is 25.5. The van der Waals surface area contributed by atoms with Crippen LogP contribution in [0.1, 0.15) is 49.4 Å². The second-order valence-electron chi connectivity index (χ2n) is 8.13. The van der Waals surface area contributed by atoms with E-state index in [-0.39, 0.29) is 17.9 Å². The molecule has 168 valence electrons. The molecular weight excluding hydrogens is 472 g/mol. The van der Waals surface area contributed by atoms with E-state index in [4.69, 9.17) is 0 Å². The van der Waals surface area contributed by atoms with Crippen LogP contribution in [-0.4, -0.2) is 34.6 Å². The van der Waals surface area contributed by atoms with Crippen molar-refractivity contribution in [2.45, 2.75) is 65.4 Å². The number of carbonyl (C=O) groups excluding carboxylic acids is 2. The lowest BCUT2D eigenvalue weighted by molar-refractivity contribution is -0.138. The summed E-state index contributed by atoms with van der Waals surface area (Å²) in [7, 11) is 0. The van der Waals surface area contributed by atoms with Crippen LogP contribution >= 0.6 is 27.7 Å². The van der Waals surface area contributed by atoms with Crippen LogP contribution in [0.3, 0.4) is 0 Å². The molecule has 0 fully saturated rings. The Morgan fingerprint density at radius 1 is 1.06 bits per heavy atom. The summed E-state index contributed by atoms with van der Waals surface area (Å²) in [6, 6.07) is 13.9. The van der Waals surface area contributed by atoms with Crippen LogP contribution in [0, 0.1) is 13.8 Å². The Morgan fingerprint density at radius 2 is 1.74 bits per heavy atom. The van der Waals surface area contributed by atoms with E-state index in [9.17, 15) is 9.59 Å². The van der Waals surface area contributed by atoms with Gasteiger partial charge in [-0.3, -0.25) is 9.59 Å². The fourth-order valence-corrected chi connectivity index (χ4v) is 4.66. The van der Waals surface area contributed by atoms with E-state index in [0.717, 1.165) is 22.2 Å². The number of benzene rings is 2. The Hall–Kier alpha value is -1.79. The summed E-state index contributed by atoms with van der Waals surface area (Å²) in [5, 5.41) is 3.01. The number of carbonyl (C=O) groups is 2. The second kappa shape index (κ2) is 12.3. The van der Waals surface area contributed by atoms with Gasteiger partial charge in [0.15, 0.2) is 0 Å². The smallest absolute Gasteiger partial charge is 0.242 e. The lowest BCUT2D eigenvalue weighted by Crippen LogP contribution is -2.50. The molecule has 0 aliphatic heterocycles. The molecule has 0 aliphatic rings. The molecule has 2 amide bonds. The Kier molecular flexibility index (Phi) is 10.1. The Balaban J connectivity index is 2.09. The number of nitrogens with zero attached hydrogens (tertiary/aromatic N) is 1. The highest BCUT2D eigenvalue weighted by atomic mass is 79.9. The molecule has 0 bridgehead atoms. The van der Waals surface area contributed by atoms with Crippen molar-refractivity contribution in [2.75, 3.05) is 5.75 Å². The third-order valence-electron chi connectivity index (χ3n) is 5.19. The molecule has 0 saturated carbocycles. The molecule has 0 radical (unpaired) electrons. The number of hydrogen-bond acceptors (Lipinski definition) is 3. The van der Waals surface area contributed by atoms with E-state index in [2.05, 4.69) is 53.3 Å². The largest absolute Gasteiger partial charge is 0.352 e. The van der Waals surface area contributed by atoms with Crippen molar-refractivity contribution < 1.29 is 9.59 Å². The molecule has 0 aromatic heterocycles. The summed E-state index contributed by atoms with van der Waals surface area (Å²) in [4.78, 5) is 27.6. The maximum atomic E-state index is 13.2. The Bertz CT molecular complexity index is 883. The van der Waals surface area contributed by atoms with Gasteiger partial charge in [0.05, 0.1) is 5.75 Å². The monoisotopic (exact) mass is 504 g/mol. The Labute approximate surface area is 199 Å². The number of halogens is 1. The van der Waals surface area contributed by atoms with Crippen molar-refractivity contribution in [2.24, 2.45) is 0 Å². The first-order valence-electron chi connectivity index (χ1n) is 10.7. The minimum Gasteiger partial charge on any atom is -0.352 e. The minimum atomic E-state index is -0.540.